The predicted octanol–water partition coefficient (Wildman–Crippen LogP) is 4.54. The van der Waals surface area contributed by atoms with E-state index in [-0.39, 0.29) is 5.70 Å². The summed E-state index contributed by atoms with van der Waals surface area (Å²) in [7, 11) is 1.50. The highest BCUT2D eigenvalue weighted by molar-refractivity contribution is 6.16. The van der Waals surface area contributed by atoms with Crippen LogP contribution in [-0.4, -0.2) is 41.0 Å². The van der Waals surface area contributed by atoms with Gasteiger partial charge in [0.15, 0.2) is 0 Å². The molecule has 1 fully saturated rings. The number of para-hydroxylation sites is 3. The molecule has 186 valence electrons. The normalized spacial score (nSPS) is 14.3. The number of imide groups is 1. The first kappa shape index (κ1) is 23.9. The third-order valence-electron chi connectivity index (χ3n) is 6.20. The van der Waals surface area contributed by atoms with E-state index in [0.717, 1.165) is 26.9 Å². The Balaban J connectivity index is 1.37. The summed E-state index contributed by atoms with van der Waals surface area (Å²) in [5, 5.41) is 6.25. The summed E-state index contributed by atoms with van der Waals surface area (Å²) >= 11 is 0. The number of methoxy groups -OCH3 is 1. The first-order chi connectivity index (χ1) is 17.9. The number of urea groups is 1. The van der Waals surface area contributed by atoms with Gasteiger partial charge in [0.2, 0.25) is 5.91 Å². The van der Waals surface area contributed by atoms with Gasteiger partial charge in [-0.3, -0.25) is 9.59 Å². The van der Waals surface area contributed by atoms with Gasteiger partial charge in [-0.15, -0.1) is 0 Å². The van der Waals surface area contributed by atoms with Gasteiger partial charge >= 0.3 is 6.03 Å². The van der Waals surface area contributed by atoms with Crippen molar-refractivity contribution in [2.45, 2.75) is 13.5 Å². The fourth-order valence-corrected chi connectivity index (χ4v) is 4.48. The van der Waals surface area contributed by atoms with Crippen LogP contribution in [0.15, 0.2) is 84.7 Å². The van der Waals surface area contributed by atoms with Gasteiger partial charge in [-0.25, -0.2) is 9.69 Å². The van der Waals surface area contributed by atoms with Crippen molar-refractivity contribution in [3.63, 3.8) is 0 Å². The van der Waals surface area contributed by atoms with E-state index < -0.39 is 24.4 Å². The largest absolute Gasteiger partial charge is 0.495 e. The molecule has 4 aromatic rings. The second kappa shape index (κ2) is 10.0. The first-order valence-electron chi connectivity index (χ1n) is 11.8. The minimum absolute atomic E-state index is 0.119. The van der Waals surface area contributed by atoms with Crippen LogP contribution in [0.4, 0.5) is 10.5 Å². The summed E-state index contributed by atoms with van der Waals surface area (Å²) in [5.74, 6) is -0.588. The Hall–Kier alpha value is -4.85. The van der Waals surface area contributed by atoms with Crippen LogP contribution in [-0.2, 0) is 16.1 Å². The van der Waals surface area contributed by atoms with Crippen molar-refractivity contribution in [3.05, 3.63) is 101 Å². The molecule has 1 aliphatic rings. The lowest BCUT2D eigenvalue weighted by Gasteiger charge is -2.13. The van der Waals surface area contributed by atoms with Crippen LogP contribution in [0.5, 0.6) is 5.75 Å². The number of hydrogen-bond donors (Lipinski definition) is 2. The highest BCUT2D eigenvalue weighted by atomic mass is 16.5. The Labute approximate surface area is 214 Å². The zero-order chi connectivity index (χ0) is 25.9. The Morgan fingerprint density at radius 1 is 1.03 bits per heavy atom. The lowest BCUT2D eigenvalue weighted by Crippen LogP contribution is -2.38. The summed E-state index contributed by atoms with van der Waals surface area (Å²) in [5.41, 5.74) is 4.74. The van der Waals surface area contributed by atoms with Crippen LogP contribution in [0.3, 0.4) is 0 Å². The average molecular weight is 495 g/mol. The molecule has 2 heterocycles. The van der Waals surface area contributed by atoms with Crippen molar-refractivity contribution in [1.82, 2.24) is 14.8 Å². The van der Waals surface area contributed by atoms with Gasteiger partial charge in [0.05, 0.1) is 12.8 Å². The lowest BCUT2D eigenvalue weighted by molar-refractivity contribution is -0.127. The summed E-state index contributed by atoms with van der Waals surface area (Å²) in [4.78, 5) is 39.1. The van der Waals surface area contributed by atoms with Crippen molar-refractivity contribution in [1.29, 1.82) is 0 Å². The second-order valence-corrected chi connectivity index (χ2v) is 8.85. The highest BCUT2D eigenvalue weighted by Crippen LogP contribution is 2.26. The molecule has 0 unspecified atom stereocenters. The molecule has 1 aliphatic heterocycles. The van der Waals surface area contributed by atoms with Crippen LogP contribution in [0.2, 0.25) is 0 Å². The molecule has 37 heavy (non-hydrogen) atoms. The number of aromatic nitrogens is 1. The van der Waals surface area contributed by atoms with E-state index >= 15 is 0 Å². The predicted molar refractivity (Wildman–Crippen MR) is 142 cm³/mol. The number of rotatable bonds is 7. The van der Waals surface area contributed by atoms with Crippen molar-refractivity contribution in [2.75, 3.05) is 19.0 Å². The maximum Gasteiger partial charge on any atom is 0.329 e. The number of nitrogens with one attached hydrogen (secondary N) is 2. The van der Waals surface area contributed by atoms with Crippen LogP contribution in [0.25, 0.3) is 17.0 Å². The van der Waals surface area contributed by atoms with E-state index in [9.17, 15) is 14.4 Å². The molecule has 3 aromatic carbocycles. The maximum absolute atomic E-state index is 13.1. The van der Waals surface area contributed by atoms with Gasteiger partial charge in [0.1, 0.15) is 18.0 Å². The Bertz CT molecular complexity index is 1550. The van der Waals surface area contributed by atoms with E-state index in [4.69, 9.17) is 4.74 Å². The number of ether oxygens (including phenoxy) is 1. The van der Waals surface area contributed by atoms with Gasteiger partial charge in [-0.2, -0.15) is 0 Å². The van der Waals surface area contributed by atoms with E-state index in [2.05, 4.69) is 40.3 Å². The molecule has 0 bridgehead atoms. The van der Waals surface area contributed by atoms with Crippen molar-refractivity contribution in [3.8, 4) is 5.75 Å². The zero-order valence-corrected chi connectivity index (χ0v) is 20.5. The molecule has 0 atom stereocenters. The topological polar surface area (TPSA) is 92.7 Å². The number of nitrogens with zero attached hydrogens (tertiary/aromatic N) is 2. The molecule has 1 saturated heterocycles. The smallest absolute Gasteiger partial charge is 0.329 e. The zero-order valence-electron chi connectivity index (χ0n) is 20.5. The monoisotopic (exact) mass is 494 g/mol. The highest BCUT2D eigenvalue weighted by Gasteiger charge is 2.35. The molecule has 8 nitrogen and oxygen atoms in total. The Morgan fingerprint density at radius 3 is 2.62 bits per heavy atom. The molecule has 2 N–H and O–H groups in total. The number of carbonyl (C=O) groups is 3. The number of aryl methyl sites for hydroxylation is 1. The Kier molecular flexibility index (Phi) is 6.47. The van der Waals surface area contributed by atoms with Crippen molar-refractivity contribution >= 4 is 40.5 Å². The molecule has 4 amide bonds. The van der Waals surface area contributed by atoms with E-state index in [1.807, 2.05) is 36.5 Å². The third kappa shape index (κ3) is 4.95. The SMILES string of the molecule is COc1ccccc1NC(=O)CN1C(=O)N/C(=C/c2cn(Cc3cccc(C)c3)c3ccccc23)C1=O. The molecule has 5 rings (SSSR count). The van der Waals surface area contributed by atoms with Gasteiger partial charge in [0, 0.05) is 29.2 Å². The van der Waals surface area contributed by atoms with E-state index in [1.165, 1.54) is 12.7 Å². The first-order valence-corrected chi connectivity index (χ1v) is 11.8. The van der Waals surface area contributed by atoms with Crippen molar-refractivity contribution in [2.24, 2.45) is 0 Å². The fraction of sp³-hybridized carbons (Fsp3) is 0.138. The minimum atomic E-state index is -0.644. The summed E-state index contributed by atoms with van der Waals surface area (Å²) in [6.45, 7) is 2.31. The lowest BCUT2D eigenvalue weighted by atomic mass is 10.1. The van der Waals surface area contributed by atoms with Crippen LogP contribution in [0, 0.1) is 6.92 Å². The number of hydrogen-bond acceptors (Lipinski definition) is 4. The average Bonchev–Trinajstić information content (AvgIpc) is 3.36. The number of fused-ring (bicyclic) bond motifs is 1. The standard InChI is InChI=1S/C29H26N4O4/c1-19-8-7-9-20(14-19)16-32-17-21(22-10-3-5-12-25(22)32)15-24-28(35)33(29(36)31-24)18-27(34)30-23-11-4-6-13-26(23)37-2/h3-15,17H,16,18H2,1-2H3,(H,30,34)(H,31,36)/b24-15+. The number of amides is 4. The summed E-state index contributed by atoms with van der Waals surface area (Å²) in [6.07, 6.45) is 3.63. The number of carbonyl (C=O) groups excluding carboxylic acids is 3. The van der Waals surface area contributed by atoms with Crippen LogP contribution < -0.4 is 15.4 Å². The van der Waals surface area contributed by atoms with Gasteiger partial charge < -0.3 is 19.9 Å². The van der Waals surface area contributed by atoms with Crippen LogP contribution >= 0.6 is 0 Å². The van der Waals surface area contributed by atoms with Crippen LogP contribution in [0.1, 0.15) is 16.7 Å². The molecular formula is C29H26N4O4. The summed E-state index contributed by atoms with van der Waals surface area (Å²) < 4.78 is 7.36. The van der Waals surface area contributed by atoms with Crippen molar-refractivity contribution < 1.29 is 19.1 Å². The maximum atomic E-state index is 13.1. The molecule has 8 heteroatoms. The minimum Gasteiger partial charge on any atom is -0.495 e. The molecule has 0 saturated carbocycles. The van der Waals surface area contributed by atoms with Gasteiger partial charge in [-0.1, -0.05) is 60.2 Å². The number of benzene rings is 3. The molecule has 0 spiro atoms. The fourth-order valence-electron chi connectivity index (χ4n) is 4.48. The molecule has 1 aromatic heterocycles. The Morgan fingerprint density at radius 2 is 1.81 bits per heavy atom. The summed E-state index contributed by atoms with van der Waals surface area (Å²) in [6, 6.07) is 22.5. The van der Waals surface area contributed by atoms with Gasteiger partial charge in [0.25, 0.3) is 5.91 Å². The molecule has 0 aliphatic carbocycles. The van der Waals surface area contributed by atoms with E-state index in [0.29, 0.717) is 18.0 Å². The second-order valence-electron chi connectivity index (χ2n) is 8.85. The molecular weight excluding hydrogens is 468 g/mol. The van der Waals surface area contributed by atoms with Gasteiger partial charge in [-0.05, 0) is 36.8 Å². The van der Waals surface area contributed by atoms with E-state index in [1.54, 1.807) is 30.3 Å². The number of anilines is 1. The quantitative estimate of drug-likeness (QED) is 0.292. The molecule has 0 radical (unpaired) electrons. The third-order valence-corrected chi connectivity index (χ3v) is 6.20.